The second-order valence-corrected chi connectivity index (χ2v) is 5.76. The number of sulfone groups is 1. The van der Waals surface area contributed by atoms with Gasteiger partial charge < -0.3 is 10.0 Å². The lowest BCUT2D eigenvalue weighted by Gasteiger charge is -2.22. The van der Waals surface area contributed by atoms with Gasteiger partial charge in [0.2, 0.25) is 5.91 Å². The highest BCUT2D eigenvalue weighted by atomic mass is 32.2. The monoisotopic (exact) mass is 221 g/mol. The molecule has 0 spiro atoms. The fourth-order valence-electron chi connectivity index (χ4n) is 1.56. The fourth-order valence-corrected chi connectivity index (χ4v) is 3.33. The summed E-state index contributed by atoms with van der Waals surface area (Å²) >= 11 is 0. The first kappa shape index (κ1) is 11.5. The Bertz CT molecular complexity index is 311. The van der Waals surface area contributed by atoms with Gasteiger partial charge in [-0.05, 0) is 6.42 Å². The van der Waals surface area contributed by atoms with Crippen LogP contribution in [0.1, 0.15) is 12.8 Å². The fraction of sp³-hybridized carbons (Fsp3) is 0.875. The molecule has 6 heteroatoms. The predicted molar refractivity (Wildman–Crippen MR) is 51.5 cm³/mol. The zero-order chi connectivity index (χ0) is 10.8. The van der Waals surface area contributed by atoms with Crippen molar-refractivity contribution in [2.75, 3.05) is 25.2 Å². The third-order valence-electron chi connectivity index (χ3n) is 2.48. The first-order chi connectivity index (χ1) is 6.46. The smallest absolute Gasteiger partial charge is 0.224 e. The Kier molecular flexibility index (Phi) is 3.49. The molecule has 5 nitrogen and oxygen atoms in total. The van der Waals surface area contributed by atoms with E-state index in [1.54, 1.807) is 7.05 Å². The van der Waals surface area contributed by atoms with Gasteiger partial charge in [-0.25, -0.2) is 8.42 Å². The highest BCUT2D eigenvalue weighted by molar-refractivity contribution is 7.91. The van der Waals surface area contributed by atoms with Crippen molar-refractivity contribution in [3.05, 3.63) is 0 Å². The normalized spacial score (nSPS) is 24.9. The largest absolute Gasteiger partial charge is 0.396 e. The molecule has 82 valence electrons. The molecule has 0 aromatic rings. The van der Waals surface area contributed by atoms with E-state index in [4.69, 9.17) is 5.11 Å². The van der Waals surface area contributed by atoms with Gasteiger partial charge in [-0.1, -0.05) is 0 Å². The van der Waals surface area contributed by atoms with Gasteiger partial charge in [-0.15, -0.1) is 0 Å². The van der Waals surface area contributed by atoms with E-state index in [0.29, 0.717) is 6.42 Å². The molecule has 1 amide bonds. The molecule has 14 heavy (non-hydrogen) atoms. The molecular formula is C8H15NO4S. The topological polar surface area (TPSA) is 74.7 Å². The first-order valence-corrected chi connectivity index (χ1v) is 6.35. The van der Waals surface area contributed by atoms with Crippen molar-refractivity contribution in [3.8, 4) is 0 Å². The van der Waals surface area contributed by atoms with Gasteiger partial charge in [0.15, 0.2) is 9.84 Å². The van der Waals surface area contributed by atoms with Crippen LogP contribution in [0.15, 0.2) is 0 Å². The minimum Gasteiger partial charge on any atom is -0.396 e. The van der Waals surface area contributed by atoms with Crippen LogP contribution in [-0.2, 0) is 14.6 Å². The van der Waals surface area contributed by atoms with Gasteiger partial charge in [0.1, 0.15) is 0 Å². The summed E-state index contributed by atoms with van der Waals surface area (Å²) in [5.41, 5.74) is 0. The number of amides is 1. The third-order valence-corrected chi connectivity index (χ3v) is 4.23. The van der Waals surface area contributed by atoms with Crippen molar-refractivity contribution < 1.29 is 18.3 Å². The Morgan fingerprint density at radius 3 is 2.64 bits per heavy atom. The number of hydrogen-bond donors (Lipinski definition) is 1. The summed E-state index contributed by atoms with van der Waals surface area (Å²) in [7, 11) is -1.36. The maximum Gasteiger partial charge on any atom is 0.224 e. The quantitative estimate of drug-likeness (QED) is 0.664. The van der Waals surface area contributed by atoms with Crippen LogP contribution in [0.5, 0.6) is 0 Å². The van der Waals surface area contributed by atoms with E-state index in [1.165, 1.54) is 4.90 Å². The summed E-state index contributed by atoms with van der Waals surface area (Å²) < 4.78 is 22.3. The van der Waals surface area contributed by atoms with Gasteiger partial charge in [0, 0.05) is 19.5 Å². The Hall–Kier alpha value is -0.620. The standard InChI is InChI=1S/C8H15NO4S/c1-9(8(11)2-4-10)7-3-5-14(12,13)6-7/h7,10H,2-6H2,1H3. The number of aliphatic hydroxyl groups is 1. The summed E-state index contributed by atoms with van der Waals surface area (Å²) in [5, 5.41) is 8.57. The molecule has 0 aliphatic carbocycles. The second-order valence-electron chi connectivity index (χ2n) is 3.54. The van der Waals surface area contributed by atoms with E-state index in [1.807, 2.05) is 0 Å². The lowest BCUT2D eigenvalue weighted by atomic mass is 10.2. The Labute approximate surface area is 83.6 Å². The zero-order valence-corrected chi connectivity index (χ0v) is 8.96. The van der Waals surface area contributed by atoms with E-state index in [0.717, 1.165) is 0 Å². The van der Waals surface area contributed by atoms with Crippen LogP contribution in [0.3, 0.4) is 0 Å². The molecule has 1 saturated heterocycles. The number of carbonyl (C=O) groups is 1. The van der Waals surface area contributed by atoms with Crippen LogP contribution >= 0.6 is 0 Å². The molecule has 0 bridgehead atoms. The minimum absolute atomic E-state index is 0.0562. The van der Waals surface area contributed by atoms with Crippen LogP contribution in [0.25, 0.3) is 0 Å². The van der Waals surface area contributed by atoms with Crippen molar-refractivity contribution >= 4 is 15.7 Å². The number of rotatable bonds is 3. The summed E-state index contributed by atoms with van der Waals surface area (Å²) in [6, 6.07) is -0.209. The molecule has 1 heterocycles. The SMILES string of the molecule is CN(C(=O)CCO)C1CCS(=O)(=O)C1. The summed E-state index contributed by atoms with van der Waals surface area (Å²) in [5.74, 6) is 0.0179. The van der Waals surface area contributed by atoms with Crippen LogP contribution in [0.2, 0.25) is 0 Å². The number of nitrogens with zero attached hydrogens (tertiary/aromatic N) is 1. The average molecular weight is 221 g/mol. The lowest BCUT2D eigenvalue weighted by Crippen LogP contribution is -2.38. The van der Waals surface area contributed by atoms with Crippen LogP contribution in [-0.4, -0.2) is 55.5 Å². The highest BCUT2D eigenvalue weighted by Gasteiger charge is 2.32. The summed E-state index contributed by atoms with van der Waals surface area (Å²) in [6.07, 6.45) is 0.572. The maximum atomic E-state index is 11.3. The van der Waals surface area contributed by atoms with E-state index in [-0.39, 0.29) is 36.5 Å². The van der Waals surface area contributed by atoms with Crippen molar-refractivity contribution in [2.24, 2.45) is 0 Å². The van der Waals surface area contributed by atoms with Gasteiger partial charge >= 0.3 is 0 Å². The number of hydrogen-bond acceptors (Lipinski definition) is 4. The number of aliphatic hydroxyl groups excluding tert-OH is 1. The molecule has 1 unspecified atom stereocenters. The Morgan fingerprint density at radius 2 is 2.21 bits per heavy atom. The van der Waals surface area contributed by atoms with E-state index >= 15 is 0 Å². The molecule has 1 aliphatic rings. The van der Waals surface area contributed by atoms with E-state index in [9.17, 15) is 13.2 Å². The highest BCUT2D eigenvalue weighted by Crippen LogP contribution is 2.16. The molecule has 0 aromatic heterocycles. The van der Waals surface area contributed by atoms with Crippen LogP contribution in [0.4, 0.5) is 0 Å². The van der Waals surface area contributed by atoms with Crippen molar-refractivity contribution in [2.45, 2.75) is 18.9 Å². The van der Waals surface area contributed by atoms with Gasteiger partial charge in [-0.2, -0.15) is 0 Å². The molecule has 1 fully saturated rings. The van der Waals surface area contributed by atoms with Crippen molar-refractivity contribution in [1.29, 1.82) is 0 Å². The van der Waals surface area contributed by atoms with Gasteiger partial charge in [0.25, 0.3) is 0 Å². The van der Waals surface area contributed by atoms with E-state index in [2.05, 4.69) is 0 Å². The second kappa shape index (κ2) is 4.27. The number of carbonyl (C=O) groups excluding carboxylic acids is 1. The van der Waals surface area contributed by atoms with E-state index < -0.39 is 9.84 Å². The van der Waals surface area contributed by atoms with Crippen LogP contribution < -0.4 is 0 Å². The summed E-state index contributed by atoms with van der Waals surface area (Å²) in [6.45, 7) is -0.192. The van der Waals surface area contributed by atoms with Crippen LogP contribution in [0, 0.1) is 0 Å². The van der Waals surface area contributed by atoms with Crippen molar-refractivity contribution in [3.63, 3.8) is 0 Å². The molecule has 1 rings (SSSR count). The molecular weight excluding hydrogens is 206 g/mol. The van der Waals surface area contributed by atoms with Gasteiger partial charge in [-0.3, -0.25) is 4.79 Å². The maximum absolute atomic E-state index is 11.3. The Morgan fingerprint density at radius 1 is 1.57 bits per heavy atom. The van der Waals surface area contributed by atoms with Crippen molar-refractivity contribution in [1.82, 2.24) is 4.90 Å². The third kappa shape index (κ3) is 2.68. The minimum atomic E-state index is -2.95. The molecule has 1 N–H and O–H groups in total. The zero-order valence-electron chi connectivity index (χ0n) is 8.14. The lowest BCUT2D eigenvalue weighted by molar-refractivity contribution is -0.132. The summed E-state index contributed by atoms with van der Waals surface area (Å²) in [4.78, 5) is 12.7. The first-order valence-electron chi connectivity index (χ1n) is 4.53. The average Bonchev–Trinajstić information content (AvgIpc) is 2.45. The molecule has 0 aromatic carbocycles. The molecule has 0 saturated carbocycles. The molecule has 0 radical (unpaired) electrons. The van der Waals surface area contributed by atoms with Gasteiger partial charge in [0.05, 0.1) is 18.1 Å². The molecule has 1 aliphatic heterocycles. The molecule has 1 atom stereocenters. The Balaban J connectivity index is 2.55. The predicted octanol–water partition coefficient (Wildman–Crippen LogP) is -0.986.